The number of amides is 2. The highest BCUT2D eigenvalue weighted by atomic mass is 16.5. The van der Waals surface area contributed by atoms with Crippen LogP contribution in [0.1, 0.15) is 22.3 Å². The van der Waals surface area contributed by atoms with Gasteiger partial charge in [-0.2, -0.15) is 0 Å². The van der Waals surface area contributed by atoms with Crippen molar-refractivity contribution in [2.45, 2.75) is 19.1 Å². The van der Waals surface area contributed by atoms with E-state index in [-0.39, 0.29) is 24.8 Å². The lowest BCUT2D eigenvalue weighted by Crippen LogP contribution is -2.57. The van der Waals surface area contributed by atoms with Crippen LogP contribution in [0.5, 0.6) is 11.5 Å². The quantitative estimate of drug-likeness (QED) is 0.348. The molecule has 0 aliphatic carbocycles. The Morgan fingerprint density at radius 1 is 0.833 bits per heavy atom. The lowest BCUT2D eigenvalue weighted by molar-refractivity contribution is -0.148. The largest absolute Gasteiger partial charge is 0.490 e. The first-order valence-electron chi connectivity index (χ1n) is 11.8. The third-order valence-corrected chi connectivity index (χ3v) is 5.66. The lowest BCUT2D eigenvalue weighted by Gasteiger charge is -2.34. The molecule has 0 aromatic heterocycles. The summed E-state index contributed by atoms with van der Waals surface area (Å²) in [5.74, 6) is 0.126. The molecule has 1 heterocycles. The highest BCUT2D eigenvalue weighted by molar-refractivity contribution is 5.99. The SMILES string of the molecule is O=C(CC1C(=O)NCCN1C(=O)c1ccc(OCCOc2ccccc2)cc1)OCc1ccccc1. The molecule has 1 unspecified atom stereocenters. The maximum atomic E-state index is 13.2. The maximum absolute atomic E-state index is 13.2. The van der Waals surface area contributed by atoms with Gasteiger partial charge in [0.1, 0.15) is 37.4 Å². The number of para-hydroxylation sites is 1. The normalized spacial score (nSPS) is 15.1. The standard InChI is InChI=1S/C28H28N2O6/c31-26(36-20-21-7-3-1-4-8-21)19-25-27(32)29-15-16-30(25)28(33)22-11-13-24(14-12-22)35-18-17-34-23-9-5-2-6-10-23/h1-14,25H,15-20H2,(H,29,32). The van der Waals surface area contributed by atoms with Crippen LogP contribution in [0.2, 0.25) is 0 Å². The zero-order valence-electron chi connectivity index (χ0n) is 19.8. The van der Waals surface area contributed by atoms with Crippen molar-refractivity contribution in [1.82, 2.24) is 10.2 Å². The van der Waals surface area contributed by atoms with Crippen LogP contribution < -0.4 is 14.8 Å². The second-order valence-electron chi connectivity index (χ2n) is 8.19. The van der Waals surface area contributed by atoms with E-state index in [1.807, 2.05) is 60.7 Å². The van der Waals surface area contributed by atoms with Crippen molar-refractivity contribution in [1.29, 1.82) is 0 Å². The molecule has 2 amide bonds. The fourth-order valence-corrected chi connectivity index (χ4v) is 3.81. The van der Waals surface area contributed by atoms with Gasteiger partial charge in [0.2, 0.25) is 5.91 Å². The summed E-state index contributed by atoms with van der Waals surface area (Å²) < 4.78 is 16.6. The summed E-state index contributed by atoms with van der Waals surface area (Å²) in [4.78, 5) is 39.5. The van der Waals surface area contributed by atoms with Crippen LogP contribution in [0.25, 0.3) is 0 Å². The van der Waals surface area contributed by atoms with Gasteiger partial charge in [0, 0.05) is 18.7 Å². The first-order valence-corrected chi connectivity index (χ1v) is 11.8. The molecule has 186 valence electrons. The fourth-order valence-electron chi connectivity index (χ4n) is 3.81. The number of carbonyl (C=O) groups is 3. The molecule has 1 aliphatic heterocycles. The van der Waals surface area contributed by atoms with E-state index in [1.54, 1.807) is 24.3 Å². The number of ether oxygens (including phenoxy) is 3. The lowest BCUT2D eigenvalue weighted by atomic mass is 10.1. The van der Waals surface area contributed by atoms with Crippen molar-refractivity contribution in [3.63, 3.8) is 0 Å². The van der Waals surface area contributed by atoms with Gasteiger partial charge in [-0.05, 0) is 42.0 Å². The Bertz CT molecular complexity index is 1150. The Kier molecular flexibility index (Phi) is 8.53. The average Bonchev–Trinajstić information content (AvgIpc) is 2.92. The van der Waals surface area contributed by atoms with E-state index in [1.165, 1.54) is 4.90 Å². The van der Waals surface area contributed by atoms with Crippen molar-refractivity contribution >= 4 is 17.8 Å². The van der Waals surface area contributed by atoms with Gasteiger partial charge in [0.15, 0.2) is 0 Å². The van der Waals surface area contributed by atoms with Gasteiger partial charge in [-0.15, -0.1) is 0 Å². The van der Waals surface area contributed by atoms with E-state index in [0.29, 0.717) is 37.6 Å². The second-order valence-corrected chi connectivity index (χ2v) is 8.19. The second kappa shape index (κ2) is 12.4. The smallest absolute Gasteiger partial charge is 0.308 e. The molecule has 0 radical (unpaired) electrons. The van der Waals surface area contributed by atoms with Crippen LogP contribution in [-0.2, 0) is 20.9 Å². The van der Waals surface area contributed by atoms with Gasteiger partial charge in [-0.1, -0.05) is 48.5 Å². The fraction of sp³-hybridized carbons (Fsp3) is 0.250. The van der Waals surface area contributed by atoms with Gasteiger partial charge < -0.3 is 24.4 Å². The molecule has 36 heavy (non-hydrogen) atoms. The van der Waals surface area contributed by atoms with Crippen LogP contribution in [-0.4, -0.2) is 55.0 Å². The van der Waals surface area contributed by atoms with Crippen LogP contribution in [0.4, 0.5) is 0 Å². The van der Waals surface area contributed by atoms with E-state index < -0.39 is 12.0 Å². The molecular formula is C28H28N2O6. The van der Waals surface area contributed by atoms with Crippen molar-refractivity contribution in [3.05, 3.63) is 96.1 Å². The number of nitrogens with one attached hydrogen (secondary N) is 1. The Hall–Kier alpha value is -4.33. The van der Waals surface area contributed by atoms with Gasteiger partial charge in [-0.3, -0.25) is 14.4 Å². The highest BCUT2D eigenvalue weighted by Gasteiger charge is 2.35. The zero-order valence-corrected chi connectivity index (χ0v) is 19.8. The first-order chi connectivity index (χ1) is 17.6. The number of hydrogen-bond acceptors (Lipinski definition) is 6. The van der Waals surface area contributed by atoms with Crippen molar-refractivity contribution in [2.24, 2.45) is 0 Å². The first kappa shape index (κ1) is 24.8. The van der Waals surface area contributed by atoms with Crippen LogP contribution in [0.3, 0.4) is 0 Å². The average molecular weight is 489 g/mol. The van der Waals surface area contributed by atoms with E-state index in [2.05, 4.69) is 5.32 Å². The summed E-state index contributed by atoms with van der Waals surface area (Å²) in [7, 11) is 0. The summed E-state index contributed by atoms with van der Waals surface area (Å²) in [5, 5.41) is 2.72. The third kappa shape index (κ3) is 6.85. The highest BCUT2D eigenvalue weighted by Crippen LogP contribution is 2.18. The molecule has 3 aromatic carbocycles. The molecule has 1 fully saturated rings. The monoisotopic (exact) mass is 488 g/mol. The summed E-state index contributed by atoms with van der Waals surface area (Å²) in [6.07, 6.45) is -0.215. The molecule has 0 bridgehead atoms. The van der Waals surface area contributed by atoms with E-state index in [4.69, 9.17) is 14.2 Å². The van der Waals surface area contributed by atoms with E-state index in [0.717, 1.165) is 11.3 Å². The number of rotatable bonds is 10. The number of carbonyl (C=O) groups excluding carboxylic acids is 3. The topological polar surface area (TPSA) is 94.2 Å². The van der Waals surface area contributed by atoms with Crippen molar-refractivity contribution in [2.75, 3.05) is 26.3 Å². The van der Waals surface area contributed by atoms with Crippen LogP contribution >= 0.6 is 0 Å². The predicted molar refractivity (Wildman–Crippen MR) is 133 cm³/mol. The molecule has 8 heteroatoms. The molecule has 3 aromatic rings. The Morgan fingerprint density at radius 3 is 2.11 bits per heavy atom. The Labute approximate surface area is 209 Å². The van der Waals surface area contributed by atoms with Gasteiger partial charge in [0.05, 0.1) is 6.42 Å². The molecule has 1 aliphatic rings. The number of piperazine rings is 1. The Balaban J connectivity index is 1.30. The predicted octanol–water partition coefficient (Wildman–Crippen LogP) is 3.22. The molecule has 1 saturated heterocycles. The molecular weight excluding hydrogens is 460 g/mol. The van der Waals surface area contributed by atoms with E-state index in [9.17, 15) is 14.4 Å². The van der Waals surface area contributed by atoms with Gasteiger partial charge in [-0.25, -0.2) is 0 Å². The molecule has 0 spiro atoms. The number of benzene rings is 3. The van der Waals surface area contributed by atoms with Gasteiger partial charge in [0.25, 0.3) is 5.91 Å². The number of hydrogen-bond donors (Lipinski definition) is 1. The zero-order chi connectivity index (χ0) is 25.2. The van der Waals surface area contributed by atoms with Gasteiger partial charge >= 0.3 is 5.97 Å². The minimum Gasteiger partial charge on any atom is -0.490 e. The van der Waals surface area contributed by atoms with Crippen LogP contribution in [0.15, 0.2) is 84.9 Å². The summed E-state index contributed by atoms with van der Waals surface area (Å²) in [6.45, 7) is 1.47. The molecule has 0 saturated carbocycles. The number of esters is 1. The summed E-state index contributed by atoms with van der Waals surface area (Å²) in [6, 6.07) is 24.5. The van der Waals surface area contributed by atoms with Crippen LogP contribution in [0, 0.1) is 0 Å². The molecule has 1 atom stereocenters. The maximum Gasteiger partial charge on any atom is 0.308 e. The molecule has 4 rings (SSSR count). The van der Waals surface area contributed by atoms with E-state index >= 15 is 0 Å². The van der Waals surface area contributed by atoms with Crippen molar-refractivity contribution in [3.8, 4) is 11.5 Å². The Morgan fingerprint density at radius 2 is 1.44 bits per heavy atom. The molecule has 1 N–H and O–H groups in total. The number of nitrogens with zero attached hydrogens (tertiary/aromatic N) is 1. The molecule has 8 nitrogen and oxygen atoms in total. The summed E-state index contributed by atoms with van der Waals surface area (Å²) >= 11 is 0. The summed E-state index contributed by atoms with van der Waals surface area (Å²) in [5.41, 5.74) is 1.25. The third-order valence-electron chi connectivity index (χ3n) is 5.66. The minimum absolute atomic E-state index is 0.111. The van der Waals surface area contributed by atoms with Crippen molar-refractivity contribution < 1.29 is 28.6 Å². The minimum atomic E-state index is -0.930.